The molecule has 0 radical (unpaired) electrons. The molecule has 0 aliphatic rings. The lowest BCUT2D eigenvalue weighted by Gasteiger charge is -2.30. The number of halogens is 4. The summed E-state index contributed by atoms with van der Waals surface area (Å²) in [5.41, 5.74) is 3.37. The van der Waals surface area contributed by atoms with Crippen molar-refractivity contribution in [2.24, 2.45) is 11.7 Å². The van der Waals surface area contributed by atoms with Crippen LogP contribution in [0.25, 0.3) is 0 Å². The maximum Gasteiger partial charge on any atom is 0.416 e. The van der Waals surface area contributed by atoms with Gasteiger partial charge in [0.05, 0.1) is 5.56 Å². The zero-order chi connectivity index (χ0) is 14.1. The molecule has 1 unspecified atom stereocenters. The quantitative estimate of drug-likeness (QED) is 0.825. The van der Waals surface area contributed by atoms with Crippen LogP contribution >= 0.6 is 0 Å². The van der Waals surface area contributed by atoms with Crippen LogP contribution in [-0.2, 0) is 11.8 Å². The van der Waals surface area contributed by atoms with Gasteiger partial charge in [-0.25, -0.2) is 4.39 Å². The van der Waals surface area contributed by atoms with E-state index in [1.54, 1.807) is 13.8 Å². The van der Waals surface area contributed by atoms with Crippen LogP contribution in [0.3, 0.4) is 0 Å². The highest BCUT2D eigenvalue weighted by atomic mass is 19.4. The SMILES string of the molecule is Cc1cc(C(F)(F)F)ccc1C(F)(CN)C(C)C. The molecule has 1 aromatic rings. The minimum Gasteiger partial charge on any atom is -0.327 e. The predicted octanol–water partition coefficient (Wildman–Crippen LogP) is 3.79. The first-order valence-electron chi connectivity index (χ1n) is 5.70. The van der Waals surface area contributed by atoms with Crippen molar-refractivity contribution in [1.82, 2.24) is 0 Å². The highest BCUT2D eigenvalue weighted by Crippen LogP contribution is 2.37. The minimum absolute atomic E-state index is 0.230. The van der Waals surface area contributed by atoms with Crippen molar-refractivity contribution in [3.05, 3.63) is 34.9 Å². The number of hydrogen-bond donors (Lipinski definition) is 1. The van der Waals surface area contributed by atoms with Gasteiger partial charge in [0, 0.05) is 6.54 Å². The van der Waals surface area contributed by atoms with E-state index in [-0.39, 0.29) is 17.7 Å². The minimum atomic E-state index is -4.41. The third kappa shape index (κ3) is 2.66. The molecular weight excluding hydrogens is 246 g/mol. The van der Waals surface area contributed by atoms with Crippen molar-refractivity contribution >= 4 is 0 Å². The van der Waals surface area contributed by atoms with Gasteiger partial charge in [-0.2, -0.15) is 13.2 Å². The Kier molecular flexibility index (Phi) is 4.05. The van der Waals surface area contributed by atoms with E-state index in [2.05, 4.69) is 0 Å². The number of rotatable bonds is 3. The molecular formula is C13H17F4N. The van der Waals surface area contributed by atoms with Gasteiger partial charge in [-0.1, -0.05) is 19.9 Å². The van der Waals surface area contributed by atoms with Crippen molar-refractivity contribution in [3.63, 3.8) is 0 Å². The monoisotopic (exact) mass is 263 g/mol. The normalized spacial score (nSPS) is 15.8. The topological polar surface area (TPSA) is 26.0 Å². The van der Waals surface area contributed by atoms with Crippen molar-refractivity contribution in [3.8, 4) is 0 Å². The molecule has 18 heavy (non-hydrogen) atoms. The third-order valence-corrected chi connectivity index (χ3v) is 3.21. The second-order valence-electron chi connectivity index (χ2n) is 4.75. The average Bonchev–Trinajstić information content (AvgIpc) is 2.26. The molecule has 0 saturated heterocycles. The van der Waals surface area contributed by atoms with Gasteiger partial charge in [-0.05, 0) is 36.1 Å². The maximum absolute atomic E-state index is 14.7. The fourth-order valence-electron chi connectivity index (χ4n) is 1.96. The van der Waals surface area contributed by atoms with E-state index in [0.29, 0.717) is 0 Å². The Morgan fingerprint density at radius 3 is 2.06 bits per heavy atom. The van der Waals surface area contributed by atoms with Gasteiger partial charge in [0.15, 0.2) is 5.67 Å². The molecule has 0 amide bonds. The smallest absolute Gasteiger partial charge is 0.327 e. The Balaban J connectivity index is 3.29. The Morgan fingerprint density at radius 1 is 1.17 bits per heavy atom. The number of aryl methyl sites for hydroxylation is 1. The summed E-state index contributed by atoms with van der Waals surface area (Å²) in [6, 6.07) is 3.04. The van der Waals surface area contributed by atoms with Gasteiger partial charge in [-0.15, -0.1) is 0 Å². The summed E-state index contributed by atoms with van der Waals surface area (Å²) in [6.07, 6.45) is -4.41. The largest absolute Gasteiger partial charge is 0.416 e. The van der Waals surface area contributed by atoms with E-state index in [1.165, 1.54) is 13.0 Å². The molecule has 0 bridgehead atoms. The Morgan fingerprint density at radius 2 is 1.72 bits per heavy atom. The Bertz CT molecular complexity index is 425. The van der Waals surface area contributed by atoms with Gasteiger partial charge in [0.2, 0.25) is 0 Å². The van der Waals surface area contributed by atoms with E-state index in [4.69, 9.17) is 5.73 Å². The van der Waals surface area contributed by atoms with E-state index >= 15 is 0 Å². The van der Waals surface area contributed by atoms with Crippen LogP contribution in [0, 0.1) is 12.8 Å². The lowest BCUT2D eigenvalue weighted by atomic mass is 9.82. The van der Waals surface area contributed by atoms with E-state index in [1.807, 2.05) is 0 Å². The van der Waals surface area contributed by atoms with Crippen LogP contribution in [0.5, 0.6) is 0 Å². The number of benzene rings is 1. The van der Waals surface area contributed by atoms with Crippen LogP contribution in [0.15, 0.2) is 18.2 Å². The fraction of sp³-hybridized carbons (Fsp3) is 0.538. The van der Waals surface area contributed by atoms with Crippen molar-refractivity contribution < 1.29 is 17.6 Å². The molecule has 0 aliphatic heterocycles. The first-order chi connectivity index (χ1) is 8.13. The molecule has 0 aliphatic carbocycles. The van der Waals surface area contributed by atoms with Crippen LogP contribution in [0.4, 0.5) is 17.6 Å². The molecule has 0 fully saturated rings. The van der Waals surface area contributed by atoms with Gasteiger partial charge in [-0.3, -0.25) is 0 Å². The van der Waals surface area contributed by atoms with Crippen molar-refractivity contribution in [2.75, 3.05) is 6.54 Å². The molecule has 5 heteroatoms. The van der Waals surface area contributed by atoms with Gasteiger partial charge >= 0.3 is 6.18 Å². The molecule has 0 heterocycles. The number of nitrogens with two attached hydrogens (primary N) is 1. The van der Waals surface area contributed by atoms with Crippen LogP contribution in [0.1, 0.15) is 30.5 Å². The third-order valence-electron chi connectivity index (χ3n) is 3.21. The second kappa shape index (κ2) is 4.88. The van der Waals surface area contributed by atoms with Gasteiger partial charge in [0.1, 0.15) is 0 Å². The lowest BCUT2D eigenvalue weighted by molar-refractivity contribution is -0.137. The molecule has 0 saturated carbocycles. The highest BCUT2D eigenvalue weighted by molar-refractivity contribution is 5.37. The summed E-state index contributed by atoms with van der Waals surface area (Å²) in [5.74, 6) is -0.405. The molecule has 102 valence electrons. The summed E-state index contributed by atoms with van der Waals surface area (Å²) >= 11 is 0. The molecule has 2 N–H and O–H groups in total. The highest BCUT2D eigenvalue weighted by Gasteiger charge is 2.37. The molecule has 1 aromatic carbocycles. The lowest BCUT2D eigenvalue weighted by Crippen LogP contribution is -2.36. The summed E-state index contributed by atoms with van der Waals surface area (Å²) in [7, 11) is 0. The first-order valence-corrected chi connectivity index (χ1v) is 5.70. The standard InChI is InChI=1S/C13H17F4N/c1-8(2)12(14,7-18)11-5-4-10(6-9(11)3)13(15,16)17/h4-6,8H,7,18H2,1-3H3. The summed E-state index contributed by atoms with van der Waals surface area (Å²) in [5, 5.41) is 0. The van der Waals surface area contributed by atoms with Gasteiger partial charge < -0.3 is 5.73 Å². The number of alkyl halides is 4. The van der Waals surface area contributed by atoms with Crippen LogP contribution in [-0.4, -0.2) is 6.54 Å². The summed E-state index contributed by atoms with van der Waals surface area (Å²) < 4.78 is 52.2. The Hall–Kier alpha value is -1.10. The second-order valence-corrected chi connectivity index (χ2v) is 4.75. The molecule has 0 aromatic heterocycles. The predicted molar refractivity (Wildman–Crippen MR) is 62.9 cm³/mol. The van der Waals surface area contributed by atoms with Gasteiger partial charge in [0.25, 0.3) is 0 Å². The molecule has 1 nitrogen and oxygen atoms in total. The van der Waals surface area contributed by atoms with E-state index in [0.717, 1.165) is 12.1 Å². The van der Waals surface area contributed by atoms with Crippen LogP contribution < -0.4 is 5.73 Å². The van der Waals surface area contributed by atoms with Crippen molar-refractivity contribution in [2.45, 2.75) is 32.6 Å². The molecule has 0 spiro atoms. The zero-order valence-electron chi connectivity index (χ0n) is 10.6. The molecule has 1 atom stereocenters. The zero-order valence-corrected chi connectivity index (χ0v) is 10.6. The number of hydrogen-bond acceptors (Lipinski definition) is 1. The Labute approximate surface area is 104 Å². The van der Waals surface area contributed by atoms with E-state index < -0.39 is 23.3 Å². The summed E-state index contributed by atoms with van der Waals surface area (Å²) in [6.45, 7) is 4.53. The first kappa shape index (κ1) is 15.0. The van der Waals surface area contributed by atoms with Crippen molar-refractivity contribution in [1.29, 1.82) is 0 Å². The molecule has 1 rings (SSSR count). The average molecular weight is 263 g/mol. The van der Waals surface area contributed by atoms with Crippen LogP contribution in [0.2, 0.25) is 0 Å². The fourth-order valence-corrected chi connectivity index (χ4v) is 1.96. The maximum atomic E-state index is 14.7. The summed E-state index contributed by atoms with van der Waals surface area (Å²) in [4.78, 5) is 0. The van der Waals surface area contributed by atoms with E-state index in [9.17, 15) is 17.6 Å².